The van der Waals surface area contributed by atoms with Crippen molar-refractivity contribution in [1.29, 1.82) is 0 Å². The van der Waals surface area contributed by atoms with Gasteiger partial charge in [-0.2, -0.15) is 0 Å². The van der Waals surface area contributed by atoms with Gasteiger partial charge in [0.05, 0.1) is 9.95 Å². The Kier molecular flexibility index (Phi) is 4.39. The van der Waals surface area contributed by atoms with E-state index in [9.17, 15) is 14.9 Å². The first-order valence-electron chi connectivity index (χ1n) is 5.88. The molecule has 0 aliphatic heterocycles. The van der Waals surface area contributed by atoms with Crippen LogP contribution in [-0.4, -0.2) is 10.9 Å². The van der Waals surface area contributed by atoms with Crippen molar-refractivity contribution in [2.75, 3.05) is 0 Å². The highest BCUT2D eigenvalue weighted by atomic mass is 35.5. The zero-order valence-corrected chi connectivity index (χ0v) is 11.7. The van der Waals surface area contributed by atoms with Crippen LogP contribution in [0.5, 0.6) is 5.75 Å². The quantitative estimate of drug-likeness (QED) is 0.489. The molecule has 7 heteroatoms. The van der Waals surface area contributed by atoms with Crippen LogP contribution in [0.4, 0.5) is 5.69 Å². The molecule has 2 aromatic rings. The van der Waals surface area contributed by atoms with Gasteiger partial charge in [-0.3, -0.25) is 15.0 Å². The fourth-order valence-corrected chi connectivity index (χ4v) is 1.87. The molecule has 0 unspecified atom stereocenters. The van der Waals surface area contributed by atoms with Gasteiger partial charge in [0.2, 0.25) is 0 Å². The van der Waals surface area contributed by atoms with Gasteiger partial charge in [-0.15, -0.1) is 0 Å². The minimum atomic E-state index is -0.959. The first kappa shape index (κ1) is 14.8. The van der Waals surface area contributed by atoms with Gasteiger partial charge >= 0.3 is 5.97 Å². The molecule has 0 atom stereocenters. The van der Waals surface area contributed by atoms with E-state index in [1.165, 1.54) is 18.2 Å². The summed E-state index contributed by atoms with van der Waals surface area (Å²) < 4.78 is 0. The largest absolute Gasteiger partial charge is 0.393 e. The van der Waals surface area contributed by atoms with E-state index in [2.05, 4.69) is 4.89 Å². The summed E-state index contributed by atoms with van der Waals surface area (Å²) in [6, 6.07) is 10.7. The first-order chi connectivity index (χ1) is 10.0. The van der Waals surface area contributed by atoms with Gasteiger partial charge in [-0.05, 0) is 24.6 Å². The van der Waals surface area contributed by atoms with Crippen molar-refractivity contribution in [3.05, 3.63) is 68.7 Å². The highest BCUT2D eigenvalue weighted by Crippen LogP contribution is 2.26. The van der Waals surface area contributed by atoms with E-state index in [-0.39, 0.29) is 22.0 Å². The molecular formula is C14H10ClNO5. The predicted octanol–water partition coefficient (Wildman–Crippen LogP) is 3.71. The highest BCUT2D eigenvalue weighted by molar-refractivity contribution is 6.32. The molecule has 108 valence electrons. The maximum Gasteiger partial charge on any atom is 0.393 e. The number of rotatable bonds is 4. The van der Waals surface area contributed by atoms with E-state index in [0.717, 1.165) is 0 Å². The zero-order valence-electron chi connectivity index (χ0n) is 10.9. The fourth-order valence-electron chi connectivity index (χ4n) is 1.71. The van der Waals surface area contributed by atoms with Crippen molar-refractivity contribution in [2.24, 2.45) is 0 Å². The van der Waals surface area contributed by atoms with E-state index < -0.39 is 10.9 Å². The van der Waals surface area contributed by atoms with Crippen LogP contribution in [0.2, 0.25) is 5.02 Å². The third kappa shape index (κ3) is 3.29. The lowest BCUT2D eigenvalue weighted by Crippen LogP contribution is -2.12. The maximum absolute atomic E-state index is 12.0. The molecule has 0 aliphatic rings. The van der Waals surface area contributed by atoms with Gasteiger partial charge in [0, 0.05) is 6.07 Å². The summed E-state index contributed by atoms with van der Waals surface area (Å²) in [7, 11) is 0. The Morgan fingerprint density at radius 2 is 1.90 bits per heavy atom. The van der Waals surface area contributed by atoms with Crippen molar-refractivity contribution >= 4 is 23.3 Å². The van der Waals surface area contributed by atoms with Crippen LogP contribution in [0.3, 0.4) is 0 Å². The van der Waals surface area contributed by atoms with Crippen molar-refractivity contribution in [3.8, 4) is 5.75 Å². The number of nitrogens with zero attached hydrogens (tertiary/aromatic N) is 1. The summed E-state index contributed by atoms with van der Waals surface area (Å²) in [5.41, 5.74) is -0.0886. The minimum absolute atomic E-state index is 0.142. The summed E-state index contributed by atoms with van der Waals surface area (Å²) in [6.45, 7) is 1.57. The molecule has 0 fully saturated rings. The number of hydrogen-bond acceptors (Lipinski definition) is 5. The summed E-state index contributed by atoms with van der Waals surface area (Å²) in [5, 5.41) is 11.2. The lowest BCUT2D eigenvalue weighted by molar-refractivity contribution is -0.385. The van der Waals surface area contributed by atoms with Crippen LogP contribution < -0.4 is 4.89 Å². The highest BCUT2D eigenvalue weighted by Gasteiger charge is 2.25. The van der Waals surface area contributed by atoms with Gasteiger partial charge in [0.1, 0.15) is 5.56 Å². The van der Waals surface area contributed by atoms with Gasteiger partial charge in [-0.1, -0.05) is 35.9 Å². The van der Waals surface area contributed by atoms with Gasteiger partial charge in [0.25, 0.3) is 5.69 Å². The number of benzene rings is 2. The Balaban J connectivity index is 2.22. The van der Waals surface area contributed by atoms with Gasteiger partial charge in [-0.25, -0.2) is 9.68 Å². The first-order valence-corrected chi connectivity index (χ1v) is 6.26. The van der Waals surface area contributed by atoms with E-state index >= 15 is 0 Å². The molecular weight excluding hydrogens is 298 g/mol. The third-order valence-corrected chi connectivity index (χ3v) is 3.01. The van der Waals surface area contributed by atoms with Crippen LogP contribution in [0.1, 0.15) is 15.9 Å². The normalized spacial score (nSPS) is 10.0. The van der Waals surface area contributed by atoms with Crippen molar-refractivity contribution < 1.29 is 19.5 Å². The molecule has 0 aromatic heterocycles. The summed E-state index contributed by atoms with van der Waals surface area (Å²) in [5.74, 6) is -0.816. The zero-order chi connectivity index (χ0) is 15.4. The topological polar surface area (TPSA) is 78.7 Å². The van der Waals surface area contributed by atoms with Gasteiger partial charge in [0.15, 0.2) is 5.75 Å². The van der Waals surface area contributed by atoms with Crippen molar-refractivity contribution in [2.45, 2.75) is 6.92 Å². The minimum Gasteiger partial charge on any atom is -0.285 e. The Bertz CT molecular complexity index is 702. The second-order valence-corrected chi connectivity index (χ2v) is 4.52. The molecule has 2 aromatic carbocycles. The van der Waals surface area contributed by atoms with Crippen LogP contribution >= 0.6 is 11.6 Å². The predicted molar refractivity (Wildman–Crippen MR) is 75.3 cm³/mol. The molecule has 0 spiro atoms. The van der Waals surface area contributed by atoms with Crippen molar-refractivity contribution in [1.82, 2.24) is 0 Å². The number of aryl methyl sites for hydroxylation is 1. The van der Waals surface area contributed by atoms with Crippen LogP contribution in [0, 0.1) is 17.0 Å². The molecule has 0 aliphatic carbocycles. The number of carbonyl (C=O) groups is 1. The van der Waals surface area contributed by atoms with Crippen LogP contribution in [0.25, 0.3) is 0 Å². The number of para-hydroxylation sites is 1. The molecule has 0 saturated heterocycles. The molecule has 21 heavy (non-hydrogen) atoms. The molecule has 0 bridgehead atoms. The number of halogens is 1. The molecule has 0 amide bonds. The SMILES string of the molecule is Cc1cccc([N+](=O)[O-])c1C(=O)OOc1ccccc1Cl. The van der Waals surface area contributed by atoms with Crippen LogP contribution in [-0.2, 0) is 4.89 Å². The molecule has 0 N–H and O–H groups in total. The number of nitro benzene ring substituents is 1. The van der Waals surface area contributed by atoms with Gasteiger partial charge < -0.3 is 0 Å². The molecule has 0 heterocycles. The molecule has 2 rings (SSSR count). The number of carbonyl (C=O) groups excluding carboxylic acids is 1. The van der Waals surface area contributed by atoms with E-state index in [0.29, 0.717) is 5.56 Å². The Morgan fingerprint density at radius 1 is 1.19 bits per heavy atom. The van der Waals surface area contributed by atoms with Crippen LogP contribution in [0.15, 0.2) is 42.5 Å². The van der Waals surface area contributed by atoms with E-state index in [1.807, 2.05) is 0 Å². The second-order valence-electron chi connectivity index (χ2n) is 4.11. The lowest BCUT2D eigenvalue weighted by Gasteiger charge is -2.07. The lowest BCUT2D eigenvalue weighted by atomic mass is 10.1. The molecule has 0 saturated carbocycles. The Labute approximate surface area is 124 Å². The second kappa shape index (κ2) is 6.23. The summed E-state index contributed by atoms with van der Waals surface area (Å²) in [4.78, 5) is 31.7. The standard InChI is InChI=1S/C14H10ClNO5/c1-9-5-4-7-11(16(18)19)13(9)14(17)21-20-12-8-3-2-6-10(12)15/h2-8H,1H3. The third-order valence-electron chi connectivity index (χ3n) is 2.70. The van der Waals surface area contributed by atoms with E-state index in [4.69, 9.17) is 16.5 Å². The fraction of sp³-hybridized carbons (Fsp3) is 0.0714. The average molecular weight is 308 g/mol. The monoisotopic (exact) mass is 307 g/mol. The maximum atomic E-state index is 12.0. The van der Waals surface area contributed by atoms with Crippen molar-refractivity contribution in [3.63, 3.8) is 0 Å². The van der Waals surface area contributed by atoms with E-state index in [1.54, 1.807) is 31.2 Å². The molecule has 0 radical (unpaired) electrons. The average Bonchev–Trinajstić information content (AvgIpc) is 2.45. The smallest absolute Gasteiger partial charge is 0.285 e. The molecule has 6 nitrogen and oxygen atoms in total. The number of nitro groups is 1. The number of hydrogen-bond donors (Lipinski definition) is 0. The summed E-state index contributed by atoms with van der Waals surface area (Å²) in [6.07, 6.45) is 0. The Hall–Kier alpha value is -2.60. The Morgan fingerprint density at radius 3 is 2.57 bits per heavy atom. The summed E-state index contributed by atoms with van der Waals surface area (Å²) >= 11 is 5.84.